The average Bonchev–Trinajstić information content (AvgIpc) is 2.44. The molecule has 118 valence electrons. The molecule has 0 aliphatic carbocycles. The minimum atomic E-state index is -0.381. The first-order chi connectivity index (χ1) is 9.79. The summed E-state index contributed by atoms with van der Waals surface area (Å²) in [6.07, 6.45) is 1.33. The second-order valence-electron chi connectivity index (χ2n) is 5.66. The van der Waals surface area contributed by atoms with Gasteiger partial charge in [-0.25, -0.2) is 0 Å². The fourth-order valence-electron chi connectivity index (χ4n) is 2.59. The first-order valence-corrected chi connectivity index (χ1v) is 8.15. The third kappa shape index (κ3) is 4.27. The van der Waals surface area contributed by atoms with Crippen LogP contribution in [0.4, 0.5) is 0 Å². The van der Waals surface area contributed by atoms with Crippen molar-refractivity contribution in [2.45, 2.75) is 19.9 Å². The lowest BCUT2D eigenvalue weighted by Gasteiger charge is -2.39. The van der Waals surface area contributed by atoms with Gasteiger partial charge < -0.3 is 15.5 Å². The summed E-state index contributed by atoms with van der Waals surface area (Å²) in [5.74, 6) is 1.36. The van der Waals surface area contributed by atoms with Gasteiger partial charge in [0.25, 0.3) is 0 Å². The van der Waals surface area contributed by atoms with Crippen molar-refractivity contribution < 1.29 is 9.59 Å². The quantitative estimate of drug-likeness (QED) is 0.750. The zero-order chi connectivity index (χ0) is 16.2. The fourth-order valence-corrected chi connectivity index (χ4v) is 3.73. The van der Waals surface area contributed by atoms with E-state index in [1.807, 2.05) is 25.8 Å². The molecule has 1 aliphatic heterocycles. The summed E-state index contributed by atoms with van der Waals surface area (Å²) >= 11 is 1.68. The van der Waals surface area contributed by atoms with E-state index in [1.54, 1.807) is 16.7 Å². The van der Waals surface area contributed by atoms with Crippen LogP contribution in [-0.2, 0) is 9.59 Å². The molecule has 1 saturated heterocycles. The molecule has 6 heteroatoms. The fraction of sp³-hybridized carbons (Fsp3) is 0.600. The molecular weight excluding hydrogens is 286 g/mol. The van der Waals surface area contributed by atoms with Crippen LogP contribution in [0, 0.1) is 11.8 Å². The molecule has 1 heterocycles. The molecule has 5 nitrogen and oxygen atoms in total. The van der Waals surface area contributed by atoms with E-state index < -0.39 is 0 Å². The highest BCUT2D eigenvalue weighted by molar-refractivity contribution is 7.99. The van der Waals surface area contributed by atoms with Crippen LogP contribution in [0.1, 0.15) is 13.8 Å². The summed E-state index contributed by atoms with van der Waals surface area (Å²) in [7, 11) is 1.84. The highest BCUT2D eigenvalue weighted by Crippen LogP contribution is 2.27. The van der Waals surface area contributed by atoms with Crippen LogP contribution in [0.3, 0.4) is 0 Å². The van der Waals surface area contributed by atoms with Crippen molar-refractivity contribution in [1.29, 1.82) is 0 Å². The molecule has 2 amide bonds. The molecule has 0 saturated carbocycles. The molecule has 0 aromatic carbocycles. The number of primary amides is 1. The van der Waals surface area contributed by atoms with E-state index in [-0.39, 0.29) is 29.7 Å². The first-order valence-electron chi connectivity index (χ1n) is 6.99. The van der Waals surface area contributed by atoms with Gasteiger partial charge in [-0.05, 0) is 12.0 Å². The van der Waals surface area contributed by atoms with E-state index >= 15 is 0 Å². The van der Waals surface area contributed by atoms with Crippen molar-refractivity contribution in [1.82, 2.24) is 9.80 Å². The maximum atomic E-state index is 11.7. The van der Waals surface area contributed by atoms with Crippen LogP contribution in [0.2, 0.25) is 0 Å². The molecule has 0 aromatic rings. The Balaban J connectivity index is 2.79. The molecule has 0 spiro atoms. The highest BCUT2D eigenvalue weighted by Gasteiger charge is 2.31. The Kier molecular flexibility index (Phi) is 6.33. The Bertz CT molecular complexity index is 437. The van der Waals surface area contributed by atoms with Crippen molar-refractivity contribution in [2.24, 2.45) is 17.6 Å². The Morgan fingerprint density at radius 1 is 1.48 bits per heavy atom. The minimum Gasteiger partial charge on any atom is -0.368 e. The summed E-state index contributed by atoms with van der Waals surface area (Å²) in [5.41, 5.74) is 6.35. The van der Waals surface area contributed by atoms with Crippen molar-refractivity contribution in [3.8, 4) is 0 Å². The number of hydrogen-bond donors (Lipinski definition) is 1. The maximum absolute atomic E-state index is 11.7. The first kappa shape index (κ1) is 17.6. The van der Waals surface area contributed by atoms with Gasteiger partial charge in [0, 0.05) is 31.0 Å². The standard InChI is InChI=1S/C15H25N3O2S/c1-6-13(19)18-7-12(8-21-9-18)11(4)17(5)14(10(2)3)15(16)20/h6,10,12,14H,1,4,7-9H2,2-3,5H3,(H2,16,20). The molecule has 1 rings (SSSR count). The summed E-state index contributed by atoms with van der Waals surface area (Å²) in [5, 5.41) is 0. The van der Waals surface area contributed by atoms with Gasteiger partial charge in [-0.2, -0.15) is 0 Å². The van der Waals surface area contributed by atoms with Gasteiger partial charge in [0.15, 0.2) is 0 Å². The molecule has 0 radical (unpaired) electrons. The molecular formula is C15H25N3O2S. The Hall–Kier alpha value is -1.43. The predicted molar refractivity (Wildman–Crippen MR) is 87.4 cm³/mol. The van der Waals surface area contributed by atoms with Gasteiger partial charge in [-0.15, -0.1) is 11.8 Å². The average molecular weight is 311 g/mol. The normalized spacial score (nSPS) is 20.0. The number of carbonyl (C=O) groups is 2. The van der Waals surface area contributed by atoms with Crippen LogP contribution >= 0.6 is 11.8 Å². The molecule has 2 atom stereocenters. The van der Waals surface area contributed by atoms with Gasteiger partial charge >= 0.3 is 0 Å². The number of likely N-dealkylation sites (N-methyl/N-ethyl adjacent to an activating group) is 1. The number of amides is 2. The zero-order valence-corrected chi connectivity index (χ0v) is 13.9. The van der Waals surface area contributed by atoms with Crippen LogP contribution in [0.15, 0.2) is 24.9 Å². The third-order valence-corrected chi connectivity index (χ3v) is 4.89. The van der Waals surface area contributed by atoms with Crippen LogP contribution < -0.4 is 5.73 Å². The van der Waals surface area contributed by atoms with E-state index in [0.29, 0.717) is 12.4 Å². The summed E-state index contributed by atoms with van der Waals surface area (Å²) in [6, 6.07) is -0.381. The van der Waals surface area contributed by atoms with E-state index in [1.165, 1.54) is 6.08 Å². The third-order valence-electron chi connectivity index (χ3n) is 3.76. The molecule has 2 N–H and O–H groups in total. The number of nitrogens with zero attached hydrogens (tertiary/aromatic N) is 2. The number of nitrogens with two attached hydrogens (primary N) is 1. The van der Waals surface area contributed by atoms with E-state index in [0.717, 1.165) is 11.4 Å². The van der Waals surface area contributed by atoms with Crippen molar-refractivity contribution in [3.05, 3.63) is 24.9 Å². The van der Waals surface area contributed by atoms with Crippen LogP contribution in [0.25, 0.3) is 0 Å². The minimum absolute atomic E-state index is 0.0713. The molecule has 1 aliphatic rings. The largest absolute Gasteiger partial charge is 0.368 e. The zero-order valence-electron chi connectivity index (χ0n) is 13.0. The van der Waals surface area contributed by atoms with Gasteiger partial charge in [0.05, 0.1) is 5.88 Å². The number of hydrogen-bond acceptors (Lipinski definition) is 4. The molecule has 2 unspecified atom stereocenters. The molecule has 21 heavy (non-hydrogen) atoms. The lowest BCUT2D eigenvalue weighted by atomic mass is 9.98. The van der Waals surface area contributed by atoms with Gasteiger partial charge in [0.2, 0.25) is 11.8 Å². The highest BCUT2D eigenvalue weighted by atomic mass is 32.2. The van der Waals surface area contributed by atoms with Crippen molar-refractivity contribution >= 4 is 23.6 Å². The second kappa shape index (κ2) is 7.54. The van der Waals surface area contributed by atoms with Gasteiger partial charge in [-0.1, -0.05) is 27.0 Å². The number of rotatable bonds is 6. The molecule has 0 aromatic heterocycles. The topological polar surface area (TPSA) is 66.6 Å². The number of carbonyl (C=O) groups excluding carboxylic acids is 2. The molecule has 0 bridgehead atoms. The van der Waals surface area contributed by atoms with Crippen molar-refractivity contribution in [3.63, 3.8) is 0 Å². The smallest absolute Gasteiger partial charge is 0.246 e. The lowest BCUT2D eigenvalue weighted by Crippen LogP contribution is -2.49. The Morgan fingerprint density at radius 2 is 2.10 bits per heavy atom. The van der Waals surface area contributed by atoms with Gasteiger partial charge in [-0.3, -0.25) is 9.59 Å². The van der Waals surface area contributed by atoms with Crippen molar-refractivity contribution in [2.75, 3.05) is 25.2 Å². The van der Waals surface area contributed by atoms with E-state index in [4.69, 9.17) is 5.73 Å². The van der Waals surface area contributed by atoms with E-state index in [2.05, 4.69) is 13.2 Å². The predicted octanol–water partition coefficient (Wildman–Crippen LogP) is 1.28. The van der Waals surface area contributed by atoms with Crippen LogP contribution in [-0.4, -0.2) is 52.9 Å². The summed E-state index contributed by atoms with van der Waals surface area (Å²) in [6.45, 7) is 12.2. The summed E-state index contributed by atoms with van der Waals surface area (Å²) < 4.78 is 0. The SMILES string of the molecule is C=CC(=O)N1CSCC(C(=C)N(C)C(C(N)=O)C(C)C)C1. The molecule has 1 fully saturated rings. The maximum Gasteiger partial charge on any atom is 0.246 e. The lowest BCUT2D eigenvalue weighted by molar-refractivity contribution is -0.126. The number of thioether (sulfide) groups is 1. The Labute approximate surface area is 131 Å². The van der Waals surface area contributed by atoms with E-state index in [9.17, 15) is 9.59 Å². The van der Waals surface area contributed by atoms with Crippen LogP contribution in [0.5, 0.6) is 0 Å². The summed E-state index contributed by atoms with van der Waals surface area (Å²) in [4.78, 5) is 27.0. The van der Waals surface area contributed by atoms with Gasteiger partial charge in [0.1, 0.15) is 6.04 Å². The Morgan fingerprint density at radius 3 is 2.57 bits per heavy atom. The second-order valence-corrected chi connectivity index (χ2v) is 6.65. The monoisotopic (exact) mass is 311 g/mol.